The molecular formula is C14H20N2O6S. The van der Waals surface area contributed by atoms with Crippen LogP contribution in [0.3, 0.4) is 0 Å². The number of anilines is 1. The molecule has 0 bridgehead atoms. The van der Waals surface area contributed by atoms with Gasteiger partial charge >= 0.3 is 5.97 Å². The predicted molar refractivity (Wildman–Crippen MR) is 84.9 cm³/mol. The number of rotatable bonds is 9. The number of hydrogen-bond donors (Lipinski definition) is 2. The van der Waals surface area contributed by atoms with Gasteiger partial charge in [-0.1, -0.05) is 0 Å². The molecule has 0 unspecified atom stereocenters. The van der Waals surface area contributed by atoms with E-state index in [0.717, 1.165) is 10.6 Å². The van der Waals surface area contributed by atoms with Gasteiger partial charge in [0.05, 0.1) is 19.4 Å². The molecule has 0 radical (unpaired) electrons. The van der Waals surface area contributed by atoms with E-state index in [1.54, 1.807) is 24.3 Å². The Balaban J connectivity index is 2.44. The second-order valence-electron chi connectivity index (χ2n) is 4.94. The van der Waals surface area contributed by atoms with Gasteiger partial charge in [-0.05, 0) is 30.7 Å². The fraction of sp³-hybridized carbons (Fsp3) is 0.429. The van der Waals surface area contributed by atoms with Crippen molar-refractivity contribution in [2.45, 2.75) is 12.8 Å². The highest BCUT2D eigenvalue weighted by Gasteiger charge is 2.15. The first kappa shape index (κ1) is 18.9. The molecule has 0 aliphatic carbocycles. The summed E-state index contributed by atoms with van der Waals surface area (Å²) in [7, 11) is -2.08. The van der Waals surface area contributed by atoms with E-state index >= 15 is 0 Å². The van der Waals surface area contributed by atoms with Crippen molar-refractivity contribution in [2.24, 2.45) is 0 Å². The molecule has 0 aliphatic heterocycles. The average molecular weight is 344 g/mol. The first-order valence-corrected chi connectivity index (χ1v) is 8.69. The molecule has 0 saturated heterocycles. The number of carboxylic acids is 1. The summed E-state index contributed by atoms with van der Waals surface area (Å²) in [4.78, 5) is 22.1. The fourth-order valence-corrected chi connectivity index (χ4v) is 1.92. The SMILES string of the molecule is CN(CC(=O)Nc1ccc(OCCCC(=O)O)cc1)S(C)(=O)=O. The molecule has 1 amide bonds. The minimum absolute atomic E-state index is 0.0436. The molecule has 0 spiro atoms. The number of hydrogen-bond acceptors (Lipinski definition) is 5. The van der Waals surface area contributed by atoms with E-state index in [-0.39, 0.29) is 19.6 Å². The summed E-state index contributed by atoms with van der Waals surface area (Å²) < 4.78 is 28.8. The fourth-order valence-electron chi connectivity index (χ4n) is 1.57. The van der Waals surface area contributed by atoms with Gasteiger partial charge in [0.15, 0.2) is 0 Å². The molecule has 1 aromatic rings. The van der Waals surface area contributed by atoms with Gasteiger partial charge in [0.1, 0.15) is 5.75 Å². The van der Waals surface area contributed by atoms with Gasteiger partial charge in [-0.25, -0.2) is 8.42 Å². The summed E-state index contributed by atoms with van der Waals surface area (Å²) in [6.07, 6.45) is 1.48. The van der Waals surface area contributed by atoms with E-state index < -0.39 is 21.9 Å². The molecule has 128 valence electrons. The molecule has 23 heavy (non-hydrogen) atoms. The number of nitrogens with zero attached hydrogens (tertiary/aromatic N) is 1. The summed E-state index contributed by atoms with van der Waals surface area (Å²) in [5, 5.41) is 11.1. The lowest BCUT2D eigenvalue weighted by atomic mass is 10.3. The lowest BCUT2D eigenvalue weighted by Crippen LogP contribution is -2.34. The maximum atomic E-state index is 11.7. The van der Waals surface area contributed by atoms with Crippen molar-refractivity contribution < 1.29 is 27.9 Å². The number of sulfonamides is 1. The van der Waals surface area contributed by atoms with Gasteiger partial charge < -0.3 is 15.2 Å². The molecule has 0 aromatic heterocycles. The van der Waals surface area contributed by atoms with Crippen molar-refractivity contribution in [3.05, 3.63) is 24.3 Å². The Kier molecular flexibility index (Phi) is 6.98. The van der Waals surface area contributed by atoms with Crippen LogP contribution in [-0.4, -0.2) is 56.2 Å². The number of nitrogens with one attached hydrogen (secondary N) is 1. The quantitative estimate of drug-likeness (QED) is 0.640. The zero-order chi connectivity index (χ0) is 17.5. The number of carbonyl (C=O) groups is 2. The number of aliphatic carboxylic acids is 1. The van der Waals surface area contributed by atoms with Crippen molar-refractivity contribution in [2.75, 3.05) is 31.8 Å². The van der Waals surface area contributed by atoms with Gasteiger partial charge in [0.25, 0.3) is 0 Å². The van der Waals surface area contributed by atoms with Gasteiger partial charge in [0, 0.05) is 19.2 Å². The minimum atomic E-state index is -3.41. The average Bonchev–Trinajstić information content (AvgIpc) is 2.44. The number of benzene rings is 1. The van der Waals surface area contributed by atoms with Crippen molar-refractivity contribution in [1.82, 2.24) is 4.31 Å². The zero-order valence-electron chi connectivity index (χ0n) is 13.0. The number of carboxylic acid groups (broad SMARTS) is 1. The van der Waals surface area contributed by atoms with Crippen LogP contribution in [0.15, 0.2) is 24.3 Å². The molecule has 0 aliphatic rings. The summed E-state index contributed by atoms with van der Waals surface area (Å²) >= 11 is 0. The topological polar surface area (TPSA) is 113 Å². The first-order chi connectivity index (χ1) is 10.7. The van der Waals surface area contributed by atoms with E-state index in [4.69, 9.17) is 9.84 Å². The Morgan fingerprint density at radius 2 is 1.87 bits per heavy atom. The molecule has 0 fully saturated rings. The van der Waals surface area contributed by atoms with Crippen molar-refractivity contribution in [3.8, 4) is 5.75 Å². The Hall–Kier alpha value is -2.13. The second-order valence-corrected chi connectivity index (χ2v) is 7.03. The smallest absolute Gasteiger partial charge is 0.303 e. The molecule has 0 saturated carbocycles. The third-order valence-electron chi connectivity index (χ3n) is 2.87. The van der Waals surface area contributed by atoms with Crippen LogP contribution in [0.4, 0.5) is 5.69 Å². The third kappa shape index (κ3) is 7.61. The lowest BCUT2D eigenvalue weighted by Gasteiger charge is -2.14. The van der Waals surface area contributed by atoms with Gasteiger partial charge in [-0.2, -0.15) is 4.31 Å². The van der Waals surface area contributed by atoms with Crippen molar-refractivity contribution in [1.29, 1.82) is 0 Å². The Morgan fingerprint density at radius 3 is 2.39 bits per heavy atom. The van der Waals surface area contributed by atoms with E-state index in [9.17, 15) is 18.0 Å². The number of ether oxygens (including phenoxy) is 1. The summed E-state index contributed by atoms with van der Waals surface area (Å²) in [6.45, 7) is 0.0173. The second kappa shape index (κ2) is 8.49. The molecule has 8 nitrogen and oxygen atoms in total. The normalized spacial score (nSPS) is 11.3. The summed E-state index contributed by atoms with van der Waals surface area (Å²) in [6, 6.07) is 6.50. The standard InChI is InChI=1S/C14H20N2O6S/c1-16(23(2,20)21)10-13(17)15-11-5-7-12(8-6-11)22-9-3-4-14(18)19/h5-8H,3-4,9-10H2,1-2H3,(H,15,17)(H,18,19). The minimum Gasteiger partial charge on any atom is -0.494 e. The van der Waals surface area contributed by atoms with Crippen LogP contribution < -0.4 is 10.1 Å². The van der Waals surface area contributed by atoms with Crippen LogP contribution >= 0.6 is 0 Å². The monoisotopic (exact) mass is 344 g/mol. The number of amides is 1. The number of carbonyl (C=O) groups excluding carboxylic acids is 1. The van der Waals surface area contributed by atoms with Crippen LogP contribution in [0, 0.1) is 0 Å². The Labute approximate surface area is 135 Å². The highest BCUT2D eigenvalue weighted by molar-refractivity contribution is 7.88. The highest BCUT2D eigenvalue weighted by Crippen LogP contribution is 2.16. The summed E-state index contributed by atoms with van der Waals surface area (Å²) in [5.41, 5.74) is 0.509. The van der Waals surface area contributed by atoms with Crippen LogP contribution in [0.2, 0.25) is 0 Å². The zero-order valence-corrected chi connectivity index (χ0v) is 13.8. The molecule has 2 N–H and O–H groups in total. The maximum absolute atomic E-state index is 11.7. The Bertz CT molecular complexity index is 642. The van der Waals surface area contributed by atoms with Crippen molar-refractivity contribution >= 4 is 27.6 Å². The predicted octanol–water partition coefficient (Wildman–Crippen LogP) is 0.760. The van der Waals surface area contributed by atoms with Gasteiger partial charge in [-0.15, -0.1) is 0 Å². The van der Waals surface area contributed by atoms with Crippen LogP contribution in [0.1, 0.15) is 12.8 Å². The van der Waals surface area contributed by atoms with Crippen molar-refractivity contribution in [3.63, 3.8) is 0 Å². The highest BCUT2D eigenvalue weighted by atomic mass is 32.2. The van der Waals surface area contributed by atoms with Gasteiger partial charge in [0.2, 0.25) is 15.9 Å². The largest absolute Gasteiger partial charge is 0.494 e. The molecule has 0 atom stereocenters. The van der Waals surface area contributed by atoms with E-state index in [1.807, 2.05) is 0 Å². The van der Waals surface area contributed by atoms with E-state index in [1.165, 1.54) is 7.05 Å². The molecule has 1 aromatic carbocycles. The lowest BCUT2D eigenvalue weighted by molar-refractivity contribution is -0.137. The summed E-state index contributed by atoms with van der Waals surface area (Å²) in [5.74, 6) is -0.764. The Morgan fingerprint density at radius 1 is 1.26 bits per heavy atom. The van der Waals surface area contributed by atoms with E-state index in [2.05, 4.69) is 5.32 Å². The van der Waals surface area contributed by atoms with Crippen LogP contribution in [0.25, 0.3) is 0 Å². The molecule has 9 heteroatoms. The van der Waals surface area contributed by atoms with Crippen LogP contribution in [-0.2, 0) is 19.6 Å². The van der Waals surface area contributed by atoms with Gasteiger partial charge in [-0.3, -0.25) is 9.59 Å². The maximum Gasteiger partial charge on any atom is 0.303 e. The number of likely N-dealkylation sites (N-methyl/N-ethyl adjacent to an activating group) is 1. The molecule has 1 rings (SSSR count). The molecule has 0 heterocycles. The first-order valence-electron chi connectivity index (χ1n) is 6.84. The van der Waals surface area contributed by atoms with Crippen LogP contribution in [0.5, 0.6) is 5.75 Å². The molecular weight excluding hydrogens is 324 g/mol. The van der Waals surface area contributed by atoms with E-state index in [0.29, 0.717) is 17.9 Å². The third-order valence-corrected chi connectivity index (χ3v) is 4.14.